The first-order chi connectivity index (χ1) is 13.9. The summed E-state index contributed by atoms with van der Waals surface area (Å²) in [5.41, 5.74) is 6.01. The number of aromatic nitrogens is 4. The van der Waals surface area contributed by atoms with Crippen molar-refractivity contribution < 1.29 is 9.26 Å². The average Bonchev–Trinajstić information content (AvgIpc) is 3.16. The number of benzene rings is 1. The zero-order valence-corrected chi connectivity index (χ0v) is 16.6. The number of nitrogens with two attached hydrogens (primary N) is 1. The molecule has 0 atom stereocenters. The fraction of sp³-hybridized carbons (Fsp3) is 0.368. The molecule has 0 bridgehead atoms. The number of nitrogen functional groups attached to an aromatic ring is 1. The Labute approximate surface area is 166 Å². The molecule has 29 heavy (non-hydrogen) atoms. The third kappa shape index (κ3) is 4.31. The molecule has 0 amide bonds. The Hall–Kier alpha value is -3.56. The molecule has 3 N–H and O–H groups in total. The number of rotatable bonds is 8. The molecule has 0 spiro atoms. The van der Waals surface area contributed by atoms with Crippen LogP contribution in [0.1, 0.15) is 25.7 Å². The first-order valence-electron chi connectivity index (χ1n) is 9.25. The predicted molar refractivity (Wildman–Crippen MR) is 109 cm³/mol. The van der Waals surface area contributed by atoms with Gasteiger partial charge in [-0.3, -0.25) is 14.3 Å². The van der Waals surface area contributed by atoms with Crippen molar-refractivity contribution in [1.29, 1.82) is 0 Å². The number of methoxy groups -OCH3 is 1. The molecule has 154 valence electrons. The topological polar surface area (TPSA) is 132 Å². The van der Waals surface area contributed by atoms with Crippen LogP contribution in [0.2, 0.25) is 0 Å². The Morgan fingerprint density at radius 1 is 1.28 bits per heavy atom. The summed E-state index contributed by atoms with van der Waals surface area (Å²) in [6.07, 6.45) is 1.67. The molecule has 3 rings (SSSR count). The standard InChI is InChI=1S/C19H24N6O4/c1-4-5-10-25-16(20)15(18(26)22-19(25)27)24(2)11-14-21-17(23-29-14)12-6-8-13(28-3)9-7-12/h6-9H,4-5,10-11,20H2,1-3H3,(H,22,26,27). The van der Waals surface area contributed by atoms with Crippen molar-refractivity contribution in [3.05, 3.63) is 51.0 Å². The smallest absolute Gasteiger partial charge is 0.330 e. The van der Waals surface area contributed by atoms with E-state index in [2.05, 4.69) is 15.1 Å². The highest BCUT2D eigenvalue weighted by atomic mass is 16.5. The molecule has 2 heterocycles. The summed E-state index contributed by atoms with van der Waals surface area (Å²) < 4.78 is 11.8. The minimum absolute atomic E-state index is 0.115. The van der Waals surface area contributed by atoms with Gasteiger partial charge in [0.2, 0.25) is 11.7 Å². The molecule has 1 aromatic carbocycles. The normalized spacial score (nSPS) is 10.9. The molecule has 2 aromatic heterocycles. The molecule has 0 aliphatic rings. The van der Waals surface area contributed by atoms with E-state index in [9.17, 15) is 9.59 Å². The number of ether oxygens (including phenoxy) is 1. The van der Waals surface area contributed by atoms with Gasteiger partial charge in [0.1, 0.15) is 17.3 Å². The molecule has 0 aliphatic heterocycles. The van der Waals surface area contributed by atoms with Crippen LogP contribution in [-0.4, -0.2) is 33.8 Å². The third-order valence-electron chi connectivity index (χ3n) is 4.52. The number of nitrogens with zero attached hydrogens (tertiary/aromatic N) is 4. The second-order valence-corrected chi connectivity index (χ2v) is 6.59. The molecule has 10 heteroatoms. The molecule has 10 nitrogen and oxygen atoms in total. The van der Waals surface area contributed by atoms with Gasteiger partial charge in [-0.2, -0.15) is 4.98 Å². The van der Waals surface area contributed by atoms with Crippen molar-refractivity contribution in [3.8, 4) is 17.1 Å². The molecular formula is C19H24N6O4. The Morgan fingerprint density at radius 3 is 2.66 bits per heavy atom. The maximum atomic E-state index is 12.3. The van der Waals surface area contributed by atoms with Crippen molar-refractivity contribution in [2.24, 2.45) is 0 Å². The van der Waals surface area contributed by atoms with E-state index in [1.165, 1.54) is 4.57 Å². The zero-order valence-electron chi connectivity index (χ0n) is 16.6. The lowest BCUT2D eigenvalue weighted by atomic mass is 10.2. The first-order valence-corrected chi connectivity index (χ1v) is 9.25. The van der Waals surface area contributed by atoms with Gasteiger partial charge in [0.25, 0.3) is 5.56 Å². The van der Waals surface area contributed by atoms with E-state index in [-0.39, 0.29) is 18.1 Å². The number of nitrogens with one attached hydrogen (secondary N) is 1. The monoisotopic (exact) mass is 400 g/mol. The van der Waals surface area contributed by atoms with Crippen molar-refractivity contribution in [3.63, 3.8) is 0 Å². The summed E-state index contributed by atoms with van der Waals surface area (Å²) in [4.78, 5) is 32.7. The van der Waals surface area contributed by atoms with Crippen LogP contribution < -0.4 is 26.6 Å². The number of aromatic amines is 1. The fourth-order valence-electron chi connectivity index (χ4n) is 2.94. The molecule has 3 aromatic rings. The molecule has 0 aliphatic carbocycles. The summed E-state index contributed by atoms with van der Waals surface area (Å²) in [7, 11) is 3.27. The van der Waals surface area contributed by atoms with E-state index >= 15 is 0 Å². The lowest BCUT2D eigenvalue weighted by Gasteiger charge is -2.20. The van der Waals surface area contributed by atoms with Gasteiger partial charge in [0.15, 0.2) is 0 Å². The van der Waals surface area contributed by atoms with E-state index in [1.807, 2.05) is 19.1 Å². The van der Waals surface area contributed by atoms with Gasteiger partial charge in [-0.25, -0.2) is 4.79 Å². The van der Waals surface area contributed by atoms with Crippen LogP contribution in [0.15, 0.2) is 38.4 Å². The lowest BCUT2D eigenvalue weighted by Crippen LogP contribution is -2.37. The number of hydrogen-bond donors (Lipinski definition) is 2. The van der Waals surface area contributed by atoms with Gasteiger partial charge in [-0.15, -0.1) is 0 Å². The van der Waals surface area contributed by atoms with Crippen LogP contribution in [0, 0.1) is 0 Å². The Kier molecular flexibility index (Phi) is 6.01. The predicted octanol–water partition coefficient (Wildman–Crippen LogP) is 1.61. The van der Waals surface area contributed by atoms with Crippen LogP contribution in [0.3, 0.4) is 0 Å². The third-order valence-corrected chi connectivity index (χ3v) is 4.52. The van der Waals surface area contributed by atoms with Crippen LogP contribution in [0.5, 0.6) is 5.75 Å². The molecule has 0 saturated carbocycles. The fourth-order valence-corrected chi connectivity index (χ4v) is 2.94. The highest BCUT2D eigenvalue weighted by molar-refractivity contribution is 5.62. The second kappa shape index (κ2) is 8.63. The molecular weight excluding hydrogens is 376 g/mol. The Bertz CT molecular complexity index is 1080. The van der Waals surface area contributed by atoms with Crippen molar-refractivity contribution in [1.82, 2.24) is 19.7 Å². The number of unbranched alkanes of at least 4 members (excludes halogenated alkanes) is 1. The van der Waals surface area contributed by atoms with Gasteiger partial charge >= 0.3 is 5.69 Å². The van der Waals surface area contributed by atoms with Crippen molar-refractivity contribution in [2.75, 3.05) is 24.8 Å². The zero-order chi connectivity index (χ0) is 21.0. The van der Waals surface area contributed by atoms with Crippen molar-refractivity contribution in [2.45, 2.75) is 32.9 Å². The van der Waals surface area contributed by atoms with Gasteiger partial charge in [0.05, 0.1) is 13.7 Å². The summed E-state index contributed by atoms with van der Waals surface area (Å²) in [6.45, 7) is 2.60. The molecule has 0 unspecified atom stereocenters. The van der Waals surface area contributed by atoms with E-state index in [4.69, 9.17) is 15.0 Å². The minimum atomic E-state index is -0.558. The van der Waals surface area contributed by atoms with Gasteiger partial charge in [-0.1, -0.05) is 18.5 Å². The number of H-pyrrole nitrogens is 1. The van der Waals surface area contributed by atoms with E-state index in [0.717, 1.165) is 24.2 Å². The van der Waals surface area contributed by atoms with Gasteiger partial charge in [0, 0.05) is 19.2 Å². The average molecular weight is 400 g/mol. The maximum absolute atomic E-state index is 12.3. The Balaban J connectivity index is 1.83. The lowest BCUT2D eigenvalue weighted by molar-refractivity contribution is 0.378. The summed E-state index contributed by atoms with van der Waals surface area (Å²) in [6, 6.07) is 7.25. The van der Waals surface area contributed by atoms with E-state index in [1.54, 1.807) is 31.2 Å². The van der Waals surface area contributed by atoms with Crippen molar-refractivity contribution >= 4 is 11.5 Å². The van der Waals surface area contributed by atoms with Crippen LogP contribution in [-0.2, 0) is 13.1 Å². The minimum Gasteiger partial charge on any atom is -0.497 e. The Morgan fingerprint density at radius 2 is 2.00 bits per heavy atom. The maximum Gasteiger partial charge on any atom is 0.330 e. The van der Waals surface area contributed by atoms with Crippen LogP contribution >= 0.6 is 0 Å². The second-order valence-electron chi connectivity index (χ2n) is 6.59. The number of anilines is 2. The van der Waals surface area contributed by atoms with Crippen LogP contribution in [0.25, 0.3) is 11.4 Å². The molecule has 0 fully saturated rings. The largest absolute Gasteiger partial charge is 0.497 e. The highest BCUT2D eigenvalue weighted by Gasteiger charge is 2.18. The summed E-state index contributed by atoms with van der Waals surface area (Å²) in [5.74, 6) is 1.57. The first kappa shape index (κ1) is 20.2. The summed E-state index contributed by atoms with van der Waals surface area (Å²) in [5, 5.41) is 3.98. The van der Waals surface area contributed by atoms with E-state index in [0.29, 0.717) is 18.3 Å². The van der Waals surface area contributed by atoms with E-state index < -0.39 is 11.2 Å². The molecule has 0 radical (unpaired) electrons. The summed E-state index contributed by atoms with van der Waals surface area (Å²) >= 11 is 0. The quantitative estimate of drug-likeness (QED) is 0.583. The molecule has 0 saturated heterocycles. The number of hydrogen-bond acceptors (Lipinski definition) is 8. The van der Waals surface area contributed by atoms with Crippen LogP contribution in [0.4, 0.5) is 11.5 Å². The van der Waals surface area contributed by atoms with Gasteiger partial charge in [-0.05, 0) is 30.7 Å². The SMILES string of the molecule is CCCCn1c(N)c(N(C)Cc2nc(-c3ccc(OC)cc3)no2)c(=O)[nH]c1=O. The highest BCUT2D eigenvalue weighted by Crippen LogP contribution is 2.21. The van der Waals surface area contributed by atoms with Gasteiger partial charge < -0.3 is 19.9 Å².